The number of pyridine rings is 1. The number of nitrogens with two attached hydrogens (primary N) is 1. The molecular weight excluding hydrogens is 407 g/mol. The summed E-state index contributed by atoms with van der Waals surface area (Å²) in [7, 11) is -1.65. The minimum atomic E-state index is -1.65. The van der Waals surface area contributed by atoms with E-state index in [9.17, 15) is 9.00 Å². The highest BCUT2D eigenvalue weighted by Crippen LogP contribution is 2.38. The van der Waals surface area contributed by atoms with Gasteiger partial charge in [-0.2, -0.15) is 0 Å². The first-order valence-corrected chi connectivity index (χ1v) is 10.1. The first kappa shape index (κ1) is 19.6. The average Bonchev–Trinajstić information content (AvgIpc) is 3.01. The van der Waals surface area contributed by atoms with E-state index in [0.717, 1.165) is 0 Å². The van der Waals surface area contributed by atoms with E-state index in [2.05, 4.69) is 4.98 Å². The lowest BCUT2D eigenvalue weighted by Crippen LogP contribution is -2.08. The summed E-state index contributed by atoms with van der Waals surface area (Å²) < 4.78 is 17.5. The van der Waals surface area contributed by atoms with Crippen LogP contribution in [0.2, 0.25) is 10.0 Å². The quantitative estimate of drug-likeness (QED) is 0.461. The number of rotatable bonds is 2. The maximum absolute atomic E-state index is 12.3. The van der Waals surface area contributed by atoms with Gasteiger partial charge in [0.25, 0.3) is 5.56 Å². The molecule has 0 bridgehead atoms. The second-order valence-electron chi connectivity index (χ2n) is 5.42. The van der Waals surface area contributed by atoms with Crippen molar-refractivity contribution in [3.05, 3.63) is 62.9 Å². The van der Waals surface area contributed by atoms with E-state index in [-0.39, 0.29) is 5.02 Å². The van der Waals surface area contributed by atoms with Gasteiger partial charge in [-0.3, -0.25) is 4.79 Å². The van der Waals surface area contributed by atoms with Gasteiger partial charge in [-0.25, -0.2) is 9.35 Å². The Labute approximate surface area is 167 Å². The van der Waals surface area contributed by atoms with Crippen LogP contribution in [-0.2, 0) is 11.0 Å². The van der Waals surface area contributed by atoms with E-state index in [1.807, 2.05) is 13.8 Å². The van der Waals surface area contributed by atoms with E-state index in [1.54, 1.807) is 42.5 Å². The first-order valence-electron chi connectivity index (χ1n) is 8.16. The molecular formula is C19H16Cl2N2O3S. The molecule has 0 spiro atoms. The van der Waals surface area contributed by atoms with Crippen molar-refractivity contribution in [2.24, 2.45) is 5.14 Å². The number of benzene rings is 2. The molecule has 3 N–H and O–H groups in total. The molecule has 4 rings (SSSR count). The third kappa shape index (κ3) is 3.53. The minimum Gasteiger partial charge on any atom is -0.454 e. The summed E-state index contributed by atoms with van der Waals surface area (Å²) in [5, 5.41) is 6.63. The molecule has 27 heavy (non-hydrogen) atoms. The molecule has 2 aromatic carbocycles. The molecule has 8 heteroatoms. The van der Waals surface area contributed by atoms with Crippen molar-refractivity contribution in [1.29, 1.82) is 0 Å². The molecule has 0 amide bonds. The van der Waals surface area contributed by atoms with Crippen molar-refractivity contribution >= 4 is 56.3 Å². The monoisotopic (exact) mass is 422 g/mol. The van der Waals surface area contributed by atoms with Gasteiger partial charge in [0.05, 0.1) is 16.0 Å². The van der Waals surface area contributed by atoms with Crippen LogP contribution in [-0.4, -0.2) is 9.19 Å². The summed E-state index contributed by atoms with van der Waals surface area (Å²) in [6, 6.07) is 11.8. The zero-order valence-electron chi connectivity index (χ0n) is 14.5. The Morgan fingerprint density at radius 2 is 1.85 bits per heavy atom. The van der Waals surface area contributed by atoms with Crippen LogP contribution < -0.4 is 10.7 Å². The fourth-order valence-electron chi connectivity index (χ4n) is 2.79. The number of nitrogens with one attached hydrogen (secondary N) is 1. The maximum atomic E-state index is 12.3. The summed E-state index contributed by atoms with van der Waals surface area (Å²) in [5.74, 6) is 0. The van der Waals surface area contributed by atoms with Crippen molar-refractivity contribution in [2.75, 3.05) is 0 Å². The molecule has 2 heterocycles. The lowest BCUT2D eigenvalue weighted by Gasteiger charge is -2.06. The van der Waals surface area contributed by atoms with E-state index in [4.69, 9.17) is 32.8 Å². The number of halogens is 2. The van der Waals surface area contributed by atoms with E-state index < -0.39 is 16.5 Å². The predicted molar refractivity (Wildman–Crippen MR) is 112 cm³/mol. The summed E-state index contributed by atoms with van der Waals surface area (Å²) >= 11 is 12.3. The molecule has 0 aliphatic carbocycles. The average molecular weight is 423 g/mol. The molecule has 0 saturated carbocycles. The number of aromatic amines is 1. The number of hydrogen-bond acceptors (Lipinski definition) is 3. The highest BCUT2D eigenvalue weighted by atomic mass is 35.5. The normalized spacial score (nSPS) is 12.0. The Hall–Kier alpha value is -2.12. The van der Waals surface area contributed by atoms with Gasteiger partial charge in [-0.1, -0.05) is 49.2 Å². The molecule has 0 saturated heterocycles. The highest BCUT2D eigenvalue weighted by Gasteiger charge is 2.19. The van der Waals surface area contributed by atoms with Crippen molar-refractivity contribution < 1.29 is 8.63 Å². The molecule has 0 aliphatic rings. The summed E-state index contributed by atoms with van der Waals surface area (Å²) in [6.07, 6.45) is 0. The molecule has 1 atom stereocenters. The van der Waals surface area contributed by atoms with Crippen LogP contribution in [0.1, 0.15) is 13.8 Å². The summed E-state index contributed by atoms with van der Waals surface area (Å²) in [4.78, 5) is 15.5. The maximum Gasteiger partial charge on any atom is 0.268 e. The third-order valence-corrected chi connectivity index (χ3v) is 5.20. The highest BCUT2D eigenvalue weighted by molar-refractivity contribution is 7.82. The van der Waals surface area contributed by atoms with Gasteiger partial charge in [-0.05, 0) is 35.9 Å². The number of aromatic nitrogens is 1. The number of fused-ring (bicyclic) bond motifs is 3. The van der Waals surface area contributed by atoms with Crippen LogP contribution in [0.5, 0.6) is 0 Å². The summed E-state index contributed by atoms with van der Waals surface area (Å²) in [5.41, 5.74) is 2.04. The van der Waals surface area contributed by atoms with Crippen molar-refractivity contribution in [2.45, 2.75) is 18.7 Å². The summed E-state index contributed by atoms with van der Waals surface area (Å²) in [6.45, 7) is 4.00. The van der Waals surface area contributed by atoms with Gasteiger partial charge in [0.2, 0.25) is 0 Å². The molecule has 4 aromatic rings. The van der Waals surface area contributed by atoms with Crippen LogP contribution in [0.4, 0.5) is 0 Å². The molecule has 0 aliphatic heterocycles. The number of furan rings is 1. The van der Waals surface area contributed by atoms with Gasteiger partial charge in [0.15, 0.2) is 5.58 Å². The molecule has 5 nitrogen and oxygen atoms in total. The molecule has 1 unspecified atom stereocenters. The van der Waals surface area contributed by atoms with Crippen molar-refractivity contribution in [3.8, 4) is 11.1 Å². The smallest absolute Gasteiger partial charge is 0.268 e. The van der Waals surface area contributed by atoms with Gasteiger partial charge in [0, 0.05) is 10.4 Å². The van der Waals surface area contributed by atoms with E-state index >= 15 is 0 Å². The predicted octanol–water partition coefficient (Wildman–Crippen LogP) is 5.26. The molecule has 0 fully saturated rings. The molecule has 140 valence electrons. The van der Waals surface area contributed by atoms with Crippen LogP contribution in [0.25, 0.3) is 33.2 Å². The zero-order valence-corrected chi connectivity index (χ0v) is 16.8. The topological polar surface area (TPSA) is 89.1 Å². The van der Waals surface area contributed by atoms with Crippen molar-refractivity contribution in [1.82, 2.24) is 4.98 Å². The molecule has 2 aromatic heterocycles. The Morgan fingerprint density at radius 1 is 1.11 bits per heavy atom. The molecule has 0 radical (unpaired) electrons. The zero-order chi connectivity index (χ0) is 19.7. The Kier molecular flexibility index (Phi) is 5.72. The van der Waals surface area contributed by atoms with Gasteiger partial charge in [-0.15, -0.1) is 0 Å². The van der Waals surface area contributed by atoms with E-state index in [0.29, 0.717) is 43.1 Å². The fourth-order valence-corrected chi connectivity index (χ4v) is 3.66. The van der Waals surface area contributed by atoms with Gasteiger partial charge >= 0.3 is 0 Å². The van der Waals surface area contributed by atoms with Gasteiger partial charge < -0.3 is 9.40 Å². The Bertz CT molecular complexity index is 1230. The van der Waals surface area contributed by atoms with Crippen LogP contribution in [0.3, 0.4) is 0 Å². The van der Waals surface area contributed by atoms with Crippen molar-refractivity contribution in [3.63, 3.8) is 0 Å². The lowest BCUT2D eigenvalue weighted by atomic mass is 10.1. The standard InChI is InChI=1S/C17H10Cl2N2O3S.C2H6/c18-9-4-5-12-11(7-9)15-16(24-12)13(14(19)17(22)21-15)8-2-1-3-10(6-8)25(20)23;1-2/h1-7H,20H2,(H,21,22);1-2H3. The SMILES string of the molecule is CC.NS(=O)c1cccc(-c2c(Cl)c(=O)[nH]c3c2oc2ccc(Cl)cc23)c1. The van der Waals surface area contributed by atoms with Gasteiger partial charge in [0.1, 0.15) is 21.6 Å². The number of H-pyrrole nitrogens is 1. The van der Waals surface area contributed by atoms with Crippen LogP contribution in [0, 0.1) is 0 Å². The second kappa shape index (κ2) is 7.86. The van der Waals surface area contributed by atoms with E-state index in [1.165, 1.54) is 0 Å². The second-order valence-corrected chi connectivity index (χ2v) is 7.30. The van der Waals surface area contributed by atoms with Crippen LogP contribution >= 0.6 is 23.2 Å². The Morgan fingerprint density at radius 3 is 2.56 bits per heavy atom. The minimum absolute atomic E-state index is 0.0161. The first-order chi connectivity index (χ1) is 13.0. The number of hydrogen-bond donors (Lipinski definition) is 2. The Balaban J connectivity index is 0.00000102. The lowest BCUT2D eigenvalue weighted by molar-refractivity contribution is 0.669. The fraction of sp³-hybridized carbons (Fsp3) is 0.105. The third-order valence-electron chi connectivity index (χ3n) is 3.89. The van der Waals surface area contributed by atoms with Crippen LogP contribution in [0.15, 0.2) is 56.6 Å². The largest absolute Gasteiger partial charge is 0.454 e.